The van der Waals surface area contributed by atoms with Gasteiger partial charge in [0.25, 0.3) is 5.91 Å². The lowest BCUT2D eigenvalue weighted by atomic mass is 10.1. The topological polar surface area (TPSA) is 61.9 Å². The number of benzene rings is 3. The van der Waals surface area contributed by atoms with E-state index in [4.69, 9.17) is 4.74 Å². The third-order valence-electron chi connectivity index (χ3n) is 6.10. The van der Waals surface area contributed by atoms with Gasteiger partial charge in [0.05, 0.1) is 11.6 Å². The van der Waals surface area contributed by atoms with Crippen LogP contribution in [-0.2, 0) is 4.79 Å². The summed E-state index contributed by atoms with van der Waals surface area (Å²) in [6, 6.07) is 19.3. The first kappa shape index (κ1) is 26.0. The van der Waals surface area contributed by atoms with Crippen LogP contribution in [0.2, 0.25) is 0 Å². The maximum absolute atomic E-state index is 12.9. The monoisotopic (exact) mass is 611 g/mol. The highest BCUT2D eigenvalue weighted by atomic mass is 79.9. The summed E-state index contributed by atoms with van der Waals surface area (Å²) in [6.45, 7) is 4.83. The lowest BCUT2D eigenvalue weighted by molar-refractivity contribution is -0.111. The number of carbonyl (C=O) groups excluding carboxylic acids is 2. The van der Waals surface area contributed by atoms with Crippen LogP contribution in [0.25, 0.3) is 6.08 Å². The van der Waals surface area contributed by atoms with Gasteiger partial charge < -0.3 is 19.9 Å². The van der Waals surface area contributed by atoms with Crippen molar-refractivity contribution in [1.82, 2.24) is 4.90 Å². The number of aryl methyl sites for hydroxylation is 1. The molecule has 1 heterocycles. The number of hydrogen-bond acceptors (Lipinski definition) is 4. The second-order valence-electron chi connectivity index (χ2n) is 8.47. The molecule has 0 aliphatic carbocycles. The van der Waals surface area contributed by atoms with Gasteiger partial charge in [-0.2, -0.15) is 0 Å². The van der Waals surface area contributed by atoms with E-state index in [1.165, 1.54) is 6.08 Å². The number of amides is 2. The molecule has 1 N–H and O–H groups in total. The summed E-state index contributed by atoms with van der Waals surface area (Å²) in [4.78, 5) is 29.5. The normalized spacial score (nSPS) is 13.7. The van der Waals surface area contributed by atoms with E-state index in [-0.39, 0.29) is 11.8 Å². The van der Waals surface area contributed by atoms with E-state index in [9.17, 15) is 9.59 Å². The van der Waals surface area contributed by atoms with Crippen LogP contribution in [0.5, 0.6) is 5.75 Å². The standard InChI is InChI=1S/C28H27Br2N3O3/c1-19-5-3-4-6-24(19)28(35)33-15-13-32(14-16-33)23-10-8-22(9-11-23)31-26(34)12-7-20-17-21(29)18-25(30)27(20)36-2/h3-12,17-18H,13-16H2,1-2H3,(H,31,34)/b12-7+. The van der Waals surface area contributed by atoms with Gasteiger partial charge in [0.1, 0.15) is 5.75 Å². The molecule has 1 fully saturated rings. The van der Waals surface area contributed by atoms with Crippen LogP contribution in [-0.4, -0.2) is 50.0 Å². The molecule has 8 heteroatoms. The Labute approximate surface area is 228 Å². The van der Waals surface area contributed by atoms with E-state index in [1.807, 2.05) is 72.5 Å². The van der Waals surface area contributed by atoms with Crippen molar-refractivity contribution in [2.75, 3.05) is 43.5 Å². The van der Waals surface area contributed by atoms with E-state index >= 15 is 0 Å². The number of piperazine rings is 1. The van der Waals surface area contributed by atoms with Crippen LogP contribution in [0.4, 0.5) is 11.4 Å². The average molecular weight is 613 g/mol. The van der Waals surface area contributed by atoms with Crippen molar-refractivity contribution in [3.63, 3.8) is 0 Å². The summed E-state index contributed by atoms with van der Waals surface area (Å²) in [6.07, 6.45) is 3.20. The highest BCUT2D eigenvalue weighted by Crippen LogP contribution is 2.33. The molecule has 1 aliphatic rings. The molecular formula is C28H27Br2N3O3. The van der Waals surface area contributed by atoms with Crippen LogP contribution in [0.3, 0.4) is 0 Å². The number of nitrogens with one attached hydrogen (secondary N) is 1. The van der Waals surface area contributed by atoms with Gasteiger partial charge in [0.2, 0.25) is 5.91 Å². The van der Waals surface area contributed by atoms with E-state index in [2.05, 4.69) is 42.1 Å². The molecule has 0 saturated carbocycles. The molecule has 4 rings (SSSR count). The molecule has 36 heavy (non-hydrogen) atoms. The molecule has 186 valence electrons. The van der Waals surface area contributed by atoms with Gasteiger partial charge in [-0.1, -0.05) is 34.1 Å². The van der Waals surface area contributed by atoms with Crippen molar-refractivity contribution in [1.29, 1.82) is 0 Å². The zero-order valence-corrected chi connectivity index (χ0v) is 23.3. The van der Waals surface area contributed by atoms with E-state index < -0.39 is 0 Å². The third kappa shape index (κ3) is 6.17. The summed E-state index contributed by atoms with van der Waals surface area (Å²) in [5.41, 5.74) is 4.33. The summed E-state index contributed by atoms with van der Waals surface area (Å²) in [7, 11) is 1.59. The first-order valence-corrected chi connectivity index (χ1v) is 13.2. The molecule has 0 atom stereocenters. The number of ether oxygens (including phenoxy) is 1. The molecule has 0 radical (unpaired) electrons. The molecule has 0 spiro atoms. The Hall–Kier alpha value is -3.10. The number of anilines is 2. The minimum absolute atomic E-state index is 0.0895. The Kier molecular flexibility index (Phi) is 8.48. The number of halogens is 2. The second kappa shape index (κ2) is 11.8. The fourth-order valence-electron chi connectivity index (χ4n) is 4.18. The predicted molar refractivity (Wildman–Crippen MR) is 152 cm³/mol. The SMILES string of the molecule is COc1c(Br)cc(Br)cc1/C=C/C(=O)Nc1ccc(N2CCN(C(=O)c3ccccc3C)CC2)cc1. The fraction of sp³-hybridized carbons (Fsp3) is 0.214. The van der Waals surface area contributed by atoms with Gasteiger partial charge in [0, 0.05) is 59.2 Å². The number of rotatable bonds is 6. The summed E-state index contributed by atoms with van der Waals surface area (Å²) in [5.74, 6) is 0.517. The zero-order chi connectivity index (χ0) is 25.7. The smallest absolute Gasteiger partial charge is 0.254 e. The molecule has 1 saturated heterocycles. The fourth-order valence-corrected chi connectivity index (χ4v) is 5.60. The van der Waals surface area contributed by atoms with Crippen LogP contribution in [0.1, 0.15) is 21.5 Å². The minimum atomic E-state index is -0.232. The molecule has 6 nitrogen and oxygen atoms in total. The summed E-state index contributed by atoms with van der Waals surface area (Å²) >= 11 is 6.93. The van der Waals surface area contributed by atoms with Crippen molar-refractivity contribution in [2.45, 2.75) is 6.92 Å². The van der Waals surface area contributed by atoms with Crippen molar-refractivity contribution >= 4 is 61.1 Å². The summed E-state index contributed by atoms with van der Waals surface area (Å²) < 4.78 is 7.10. The number of hydrogen-bond donors (Lipinski definition) is 1. The molecule has 2 amide bonds. The predicted octanol–water partition coefficient (Wildman–Crippen LogP) is 6.14. The van der Waals surface area contributed by atoms with Crippen molar-refractivity contribution in [2.24, 2.45) is 0 Å². The second-order valence-corrected chi connectivity index (χ2v) is 10.2. The molecule has 1 aliphatic heterocycles. The highest BCUT2D eigenvalue weighted by Gasteiger charge is 2.23. The van der Waals surface area contributed by atoms with Crippen molar-refractivity contribution in [3.05, 3.63) is 92.4 Å². The Morgan fingerprint density at radius 2 is 1.67 bits per heavy atom. The number of methoxy groups -OCH3 is 1. The molecule has 0 bridgehead atoms. The van der Waals surface area contributed by atoms with Crippen LogP contribution in [0.15, 0.2) is 75.7 Å². The lowest BCUT2D eigenvalue weighted by Gasteiger charge is -2.36. The maximum Gasteiger partial charge on any atom is 0.254 e. The van der Waals surface area contributed by atoms with Crippen LogP contribution in [0, 0.1) is 6.92 Å². The molecule has 0 aromatic heterocycles. The maximum atomic E-state index is 12.9. The minimum Gasteiger partial charge on any atom is -0.495 e. The lowest BCUT2D eigenvalue weighted by Crippen LogP contribution is -2.48. The highest BCUT2D eigenvalue weighted by molar-refractivity contribution is 9.11. The molecular weight excluding hydrogens is 586 g/mol. The number of carbonyl (C=O) groups is 2. The van der Waals surface area contributed by atoms with Gasteiger partial charge in [-0.05, 0) is 77.0 Å². The Balaban J connectivity index is 1.33. The Bertz CT molecular complexity index is 1280. The van der Waals surface area contributed by atoms with E-state index in [0.29, 0.717) is 24.5 Å². The van der Waals surface area contributed by atoms with Gasteiger partial charge in [0.15, 0.2) is 0 Å². The Morgan fingerprint density at radius 1 is 0.972 bits per heavy atom. The quantitative estimate of drug-likeness (QED) is 0.340. The Morgan fingerprint density at radius 3 is 2.33 bits per heavy atom. The van der Waals surface area contributed by atoms with Gasteiger partial charge in [-0.3, -0.25) is 9.59 Å². The summed E-state index contributed by atoms with van der Waals surface area (Å²) in [5, 5.41) is 2.89. The van der Waals surface area contributed by atoms with Gasteiger partial charge in [-0.15, -0.1) is 0 Å². The molecule has 3 aromatic rings. The van der Waals surface area contributed by atoms with E-state index in [0.717, 1.165) is 44.4 Å². The van der Waals surface area contributed by atoms with E-state index in [1.54, 1.807) is 13.2 Å². The third-order valence-corrected chi connectivity index (χ3v) is 7.14. The first-order valence-electron chi connectivity index (χ1n) is 11.6. The van der Waals surface area contributed by atoms with Gasteiger partial charge >= 0.3 is 0 Å². The van der Waals surface area contributed by atoms with Crippen LogP contribution < -0.4 is 15.0 Å². The van der Waals surface area contributed by atoms with Crippen molar-refractivity contribution < 1.29 is 14.3 Å². The van der Waals surface area contributed by atoms with Gasteiger partial charge in [-0.25, -0.2) is 0 Å². The molecule has 3 aromatic carbocycles. The zero-order valence-electron chi connectivity index (χ0n) is 20.1. The first-order chi connectivity index (χ1) is 17.4. The van der Waals surface area contributed by atoms with Crippen LogP contribution >= 0.6 is 31.9 Å². The van der Waals surface area contributed by atoms with Crippen molar-refractivity contribution in [3.8, 4) is 5.75 Å². The largest absolute Gasteiger partial charge is 0.495 e. The number of nitrogens with zero attached hydrogens (tertiary/aromatic N) is 2. The molecule has 0 unspecified atom stereocenters. The average Bonchev–Trinajstić information content (AvgIpc) is 2.88.